The first-order valence-corrected chi connectivity index (χ1v) is 10.8. The van der Waals surface area contributed by atoms with Crippen LogP contribution in [0.2, 0.25) is 0 Å². The molecule has 2 aliphatic rings. The van der Waals surface area contributed by atoms with E-state index in [9.17, 15) is 9.18 Å². The van der Waals surface area contributed by atoms with E-state index in [0.29, 0.717) is 23.6 Å². The number of rotatable bonds is 4. The second-order valence-corrected chi connectivity index (χ2v) is 8.92. The number of hydrogen-bond acceptors (Lipinski definition) is 5. The number of nitrogens with two attached hydrogens (primary N) is 1. The minimum absolute atomic E-state index is 0.109. The van der Waals surface area contributed by atoms with Crippen molar-refractivity contribution in [1.29, 1.82) is 0 Å². The zero-order valence-electron chi connectivity index (χ0n) is 18.8. The first-order valence-electron chi connectivity index (χ1n) is 10.8. The molecule has 3 atom stereocenters. The van der Waals surface area contributed by atoms with Crippen LogP contribution in [0.5, 0.6) is 0 Å². The third-order valence-electron chi connectivity index (χ3n) is 6.58. The average molecular weight is 434 g/mol. The van der Waals surface area contributed by atoms with Crippen LogP contribution in [0.25, 0.3) is 0 Å². The number of hydrogen-bond donors (Lipinski definition) is 1. The fourth-order valence-corrected chi connectivity index (χ4v) is 4.54. The van der Waals surface area contributed by atoms with Gasteiger partial charge in [0.25, 0.3) is 0 Å². The molecule has 0 bridgehead atoms. The number of carbonyl (C=O) groups is 1. The molecule has 0 radical (unpaired) electrons. The van der Waals surface area contributed by atoms with Gasteiger partial charge in [-0.15, -0.1) is 0 Å². The van der Waals surface area contributed by atoms with E-state index in [4.69, 9.17) is 10.7 Å². The van der Waals surface area contributed by atoms with Gasteiger partial charge in [-0.2, -0.15) is 4.39 Å². The molecule has 32 heavy (non-hydrogen) atoms. The molecule has 1 amide bonds. The van der Waals surface area contributed by atoms with Crippen molar-refractivity contribution in [2.24, 2.45) is 21.6 Å². The molecule has 4 rings (SSSR count). The lowest BCUT2D eigenvalue weighted by atomic mass is 9.68. The highest BCUT2D eigenvalue weighted by atomic mass is 19.1. The molecule has 0 saturated carbocycles. The Bertz CT molecular complexity index is 1120. The number of nitrogens with zero attached hydrogens (tertiary/aromatic N) is 4. The highest BCUT2D eigenvalue weighted by molar-refractivity contribution is 6.04. The summed E-state index contributed by atoms with van der Waals surface area (Å²) in [4.78, 5) is 27.8. The highest BCUT2D eigenvalue weighted by Gasteiger charge is 2.50. The first kappa shape index (κ1) is 21.9. The van der Waals surface area contributed by atoms with E-state index in [1.165, 1.54) is 16.7 Å². The van der Waals surface area contributed by atoms with E-state index >= 15 is 0 Å². The van der Waals surface area contributed by atoms with Gasteiger partial charge in [0, 0.05) is 25.4 Å². The van der Waals surface area contributed by atoms with Gasteiger partial charge < -0.3 is 5.73 Å². The normalized spacial score (nSPS) is 25.7. The number of pyridine rings is 1. The van der Waals surface area contributed by atoms with E-state index in [0.717, 1.165) is 5.56 Å². The van der Waals surface area contributed by atoms with Crippen molar-refractivity contribution in [3.63, 3.8) is 0 Å². The number of aromatic nitrogens is 1. The quantitative estimate of drug-likeness (QED) is 0.740. The Balaban J connectivity index is 1.75. The zero-order valence-corrected chi connectivity index (χ0v) is 18.8. The van der Waals surface area contributed by atoms with Gasteiger partial charge in [-0.25, -0.2) is 9.98 Å². The van der Waals surface area contributed by atoms with Crippen LogP contribution in [0.15, 0.2) is 64.9 Å². The summed E-state index contributed by atoms with van der Waals surface area (Å²) >= 11 is 0. The number of likely N-dealkylation sites (N-methyl/N-ethyl adjacent to an activating group) is 1. The maximum Gasteiger partial charge on any atom is 0.239 e. The Morgan fingerprint density at radius 1 is 1.22 bits per heavy atom. The lowest BCUT2D eigenvalue weighted by Gasteiger charge is -2.44. The minimum atomic E-state index is -0.858. The molecule has 1 aromatic carbocycles. The maximum atomic E-state index is 14.3. The number of guanidine groups is 1. The molecule has 0 aliphatic carbocycles. The van der Waals surface area contributed by atoms with Gasteiger partial charge >= 0.3 is 0 Å². The van der Waals surface area contributed by atoms with Gasteiger partial charge in [0.1, 0.15) is 0 Å². The highest BCUT2D eigenvalue weighted by Crippen LogP contribution is 2.44. The van der Waals surface area contributed by atoms with Crippen molar-refractivity contribution in [2.45, 2.75) is 44.6 Å². The SMILES string of the molecule is CC(C)c1ccc([C@@H]2C(=O)N(C)C(N)=N[C@]2(C)C2C=CN=C(c3cccnc3F)C2)cc1. The van der Waals surface area contributed by atoms with Gasteiger partial charge in [0.2, 0.25) is 11.9 Å². The second-order valence-electron chi connectivity index (χ2n) is 8.92. The third kappa shape index (κ3) is 3.72. The van der Waals surface area contributed by atoms with Crippen molar-refractivity contribution in [2.75, 3.05) is 7.05 Å². The summed E-state index contributed by atoms with van der Waals surface area (Å²) in [6.45, 7) is 6.22. The molecular weight excluding hydrogens is 405 g/mol. The summed E-state index contributed by atoms with van der Waals surface area (Å²) in [6, 6.07) is 11.5. The molecule has 3 heterocycles. The molecule has 2 aliphatic heterocycles. The van der Waals surface area contributed by atoms with Crippen LogP contribution in [-0.4, -0.2) is 40.0 Å². The standard InChI is InChI=1S/C25H28FN5O/c1-15(2)16-7-9-17(10-8-16)21-23(32)31(4)24(27)30-25(21,3)18-11-13-28-20(14-18)19-6-5-12-29-22(19)26/h5-13,15,18,21H,14H2,1-4H3,(H2,27,30)/t18?,21-,25-/m1/s1. The van der Waals surface area contributed by atoms with Crippen LogP contribution in [0, 0.1) is 11.9 Å². The Labute approximate surface area is 187 Å². The molecule has 0 spiro atoms. The Morgan fingerprint density at radius 2 is 1.94 bits per heavy atom. The number of benzene rings is 1. The van der Waals surface area contributed by atoms with Crippen LogP contribution >= 0.6 is 0 Å². The largest absolute Gasteiger partial charge is 0.369 e. The summed E-state index contributed by atoms with van der Waals surface area (Å²) < 4.78 is 14.3. The summed E-state index contributed by atoms with van der Waals surface area (Å²) in [7, 11) is 1.64. The second kappa shape index (κ2) is 8.30. The van der Waals surface area contributed by atoms with Crippen molar-refractivity contribution >= 4 is 17.6 Å². The Kier molecular flexibility index (Phi) is 5.67. The predicted molar refractivity (Wildman–Crippen MR) is 124 cm³/mol. The fraction of sp³-hybridized carbons (Fsp3) is 0.360. The summed E-state index contributed by atoms with van der Waals surface area (Å²) in [5, 5.41) is 0. The van der Waals surface area contributed by atoms with Gasteiger partial charge in [0.05, 0.1) is 22.7 Å². The molecular formula is C25H28FN5O. The van der Waals surface area contributed by atoms with Crippen molar-refractivity contribution in [1.82, 2.24) is 9.88 Å². The first-order chi connectivity index (χ1) is 15.2. The number of aliphatic imine (C=N–C) groups is 2. The van der Waals surface area contributed by atoms with Crippen LogP contribution in [-0.2, 0) is 4.79 Å². The van der Waals surface area contributed by atoms with Crippen molar-refractivity contribution in [3.8, 4) is 0 Å². The molecule has 1 unspecified atom stereocenters. The molecule has 2 N–H and O–H groups in total. The maximum absolute atomic E-state index is 14.3. The van der Waals surface area contributed by atoms with E-state index in [1.807, 2.05) is 25.1 Å². The number of carbonyl (C=O) groups excluding carboxylic acids is 1. The predicted octanol–water partition coefficient (Wildman–Crippen LogP) is 4.00. The molecule has 0 saturated heterocycles. The molecule has 6 nitrogen and oxygen atoms in total. The number of amides is 1. The summed E-state index contributed by atoms with van der Waals surface area (Å²) in [5.41, 5.74) is 8.33. The van der Waals surface area contributed by atoms with E-state index in [1.54, 1.807) is 25.4 Å². The van der Waals surface area contributed by atoms with Gasteiger partial charge in [-0.05, 0) is 42.5 Å². The minimum Gasteiger partial charge on any atom is -0.369 e. The van der Waals surface area contributed by atoms with Gasteiger partial charge in [0.15, 0.2) is 5.96 Å². The van der Waals surface area contributed by atoms with E-state index in [2.05, 4.69) is 36.0 Å². The van der Waals surface area contributed by atoms with E-state index in [-0.39, 0.29) is 17.8 Å². The van der Waals surface area contributed by atoms with Gasteiger partial charge in [-0.3, -0.25) is 14.7 Å². The van der Waals surface area contributed by atoms with Crippen LogP contribution < -0.4 is 5.73 Å². The lowest BCUT2D eigenvalue weighted by Crippen LogP contribution is -2.56. The number of halogens is 1. The van der Waals surface area contributed by atoms with Crippen molar-refractivity contribution in [3.05, 3.63) is 77.5 Å². The topological polar surface area (TPSA) is 83.9 Å². The molecule has 2 aromatic rings. The zero-order chi connectivity index (χ0) is 23.0. The van der Waals surface area contributed by atoms with Crippen molar-refractivity contribution < 1.29 is 9.18 Å². The third-order valence-corrected chi connectivity index (χ3v) is 6.58. The lowest BCUT2D eigenvalue weighted by molar-refractivity contribution is -0.131. The molecule has 0 fully saturated rings. The monoisotopic (exact) mass is 433 g/mol. The van der Waals surface area contributed by atoms with Crippen LogP contribution in [0.4, 0.5) is 4.39 Å². The van der Waals surface area contributed by atoms with E-state index < -0.39 is 17.4 Å². The molecule has 166 valence electrons. The van der Waals surface area contributed by atoms with Gasteiger partial charge in [-0.1, -0.05) is 44.2 Å². The van der Waals surface area contributed by atoms with Crippen LogP contribution in [0.1, 0.15) is 55.7 Å². The average Bonchev–Trinajstić information content (AvgIpc) is 2.78. The smallest absolute Gasteiger partial charge is 0.239 e. The van der Waals surface area contributed by atoms with Crippen LogP contribution in [0.3, 0.4) is 0 Å². The Morgan fingerprint density at radius 3 is 2.59 bits per heavy atom. The molecule has 1 aromatic heterocycles. The molecule has 7 heteroatoms. The fourth-order valence-electron chi connectivity index (χ4n) is 4.54. The Hall–Kier alpha value is -3.35. The summed E-state index contributed by atoms with van der Waals surface area (Å²) in [5.74, 6) is -0.841. The summed E-state index contributed by atoms with van der Waals surface area (Å²) in [6.07, 6.45) is 5.43.